The lowest BCUT2D eigenvalue weighted by Gasteiger charge is -2.36. The first-order valence-electron chi connectivity index (χ1n) is 10.8. The normalized spacial score (nSPS) is 16.8. The Bertz CT molecular complexity index is 997. The SMILES string of the molecule is CCc1ccc(NC(=O)c2cc(N3CCCCC3CC)nc3ccccc23)cc1. The summed E-state index contributed by atoms with van der Waals surface area (Å²) in [6.07, 6.45) is 5.72. The Morgan fingerprint density at radius 2 is 1.90 bits per heavy atom. The molecule has 1 saturated heterocycles. The van der Waals surface area contributed by atoms with Crippen LogP contribution in [0.3, 0.4) is 0 Å². The van der Waals surface area contributed by atoms with E-state index in [9.17, 15) is 4.79 Å². The molecule has 1 unspecified atom stereocenters. The first-order chi connectivity index (χ1) is 14.2. The predicted molar refractivity (Wildman–Crippen MR) is 121 cm³/mol. The zero-order valence-corrected chi connectivity index (χ0v) is 17.3. The number of benzene rings is 2. The molecule has 4 heteroatoms. The number of aromatic nitrogens is 1. The summed E-state index contributed by atoms with van der Waals surface area (Å²) in [7, 11) is 0. The lowest BCUT2D eigenvalue weighted by molar-refractivity contribution is 0.102. The molecule has 0 aliphatic carbocycles. The van der Waals surface area contributed by atoms with Gasteiger partial charge in [0.15, 0.2) is 0 Å². The highest BCUT2D eigenvalue weighted by atomic mass is 16.1. The van der Waals surface area contributed by atoms with E-state index in [2.05, 4.69) is 36.2 Å². The molecule has 150 valence electrons. The quantitative estimate of drug-likeness (QED) is 0.600. The monoisotopic (exact) mass is 387 g/mol. The number of carbonyl (C=O) groups excluding carboxylic acids is 1. The Morgan fingerprint density at radius 3 is 2.66 bits per heavy atom. The molecule has 0 spiro atoms. The van der Waals surface area contributed by atoms with E-state index < -0.39 is 0 Å². The summed E-state index contributed by atoms with van der Waals surface area (Å²) >= 11 is 0. The van der Waals surface area contributed by atoms with E-state index in [0.717, 1.165) is 41.8 Å². The number of aryl methyl sites for hydroxylation is 1. The third-order valence-electron chi connectivity index (χ3n) is 5.96. The molecular weight excluding hydrogens is 358 g/mol. The number of rotatable bonds is 5. The molecule has 1 fully saturated rings. The van der Waals surface area contributed by atoms with Gasteiger partial charge in [0.2, 0.25) is 0 Å². The number of fused-ring (bicyclic) bond motifs is 1. The molecular formula is C25H29N3O. The van der Waals surface area contributed by atoms with Crippen LogP contribution in [0.25, 0.3) is 10.9 Å². The van der Waals surface area contributed by atoms with E-state index in [4.69, 9.17) is 4.98 Å². The number of pyridine rings is 1. The van der Waals surface area contributed by atoms with E-state index in [1.165, 1.54) is 24.8 Å². The van der Waals surface area contributed by atoms with E-state index in [0.29, 0.717) is 11.6 Å². The van der Waals surface area contributed by atoms with Crippen molar-refractivity contribution >= 4 is 28.3 Å². The second-order valence-corrected chi connectivity index (χ2v) is 7.80. The molecule has 2 aromatic carbocycles. The molecule has 3 aromatic rings. The highest BCUT2D eigenvalue weighted by Gasteiger charge is 2.24. The fourth-order valence-corrected chi connectivity index (χ4v) is 4.25. The largest absolute Gasteiger partial charge is 0.354 e. The Kier molecular flexibility index (Phi) is 5.79. The molecule has 4 nitrogen and oxygen atoms in total. The highest BCUT2D eigenvalue weighted by Crippen LogP contribution is 2.29. The Labute approximate surface area is 173 Å². The van der Waals surface area contributed by atoms with Crippen molar-refractivity contribution in [2.75, 3.05) is 16.8 Å². The van der Waals surface area contributed by atoms with Gasteiger partial charge in [-0.05, 0) is 61.9 Å². The Balaban J connectivity index is 1.70. The van der Waals surface area contributed by atoms with Crippen LogP contribution in [0.4, 0.5) is 11.5 Å². The van der Waals surface area contributed by atoms with Gasteiger partial charge in [0.05, 0.1) is 11.1 Å². The first kappa shape index (κ1) is 19.4. The maximum absolute atomic E-state index is 13.2. The molecule has 4 rings (SSSR count). The van der Waals surface area contributed by atoms with Gasteiger partial charge in [-0.1, -0.05) is 44.2 Å². The summed E-state index contributed by atoms with van der Waals surface area (Å²) < 4.78 is 0. The van der Waals surface area contributed by atoms with Crippen LogP contribution < -0.4 is 10.2 Å². The van der Waals surface area contributed by atoms with Crippen molar-refractivity contribution in [1.82, 2.24) is 4.98 Å². The van der Waals surface area contributed by atoms with E-state index >= 15 is 0 Å². The lowest BCUT2D eigenvalue weighted by atomic mass is 9.99. The highest BCUT2D eigenvalue weighted by molar-refractivity contribution is 6.13. The fourth-order valence-electron chi connectivity index (χ4n) is 4.25. The maximum atomic E-state index is 13.2. The van der Waals surface area contributed by atoms with Crippen molar-refractivity contribution in [3.8, 4) is 0 Å². The number of amides is 1. The molecule has 1 amide bonds. The van der Waals surface area contributed by atoms with Gasteiger partial charge in [0.25, 0.3) is 5.91 Å². The van der Waals surface area contributed by atoms with E-state index in [1.807, 2.05) is 42.5 Å². The second kappa shape index (κ2) is 8.64. The van der Waals surface area contributed by atoms with Crippen molar-refractivity contribution in [1.29, 1.82) is 0 Å². The zero-order valence-electron chi connectivity index (χ0n) is 17.3. The first-order valence-corrected chi connectivity index (χ1v) is 10.8. The number of hydrogen-bond acceptors (Lipinski definition) is 3. The van der Waals surface area contributed by atoms with Crippen LogP contribution in [0, 0.1) is 0 Å². The summed E-state index contributed by atoms with van der Waals surface area (Å²) in [5.41, 5.74) is 3.64. The molecule has 0 saturated carbocycles. The van der Waals surface area contributed by atoms with Gasteiger partial charge in [-0.3, -0.25) is 4.79 Å². The van der Waals surface area contributed by atoms with Crippen molar-refractivity contribution < 1.29 is 4.79 Å². The lowest BCUT2D eigenvalue weighted by Crippen LogP contribution is -2.39. The average molecular weight is 388 g/mol. The van der Waals surface area contributed by atoms with Gasteiger partial charge in [-0.15, -0.1) is 0 Å². The molecule has 2 heterocycles. The van der Waals surface area contributed by atoms with Gasteiger partial charge in [-0.2, -0.15) is 0 Å². The van der Waals surface area contributed by atoms with Crippen molar-refractivity contribution in [3.05, 3.63) is 65.7 Å². The van der Waals surface area contributed by atoms with E-state index in [1.54, 1.807) is 0 Å². The molecule has 1 aromatic heterocycles. The number of nitrogens with zero attached hydrogens (tertiary/aromatic N) is 2. The third kappa shape index (κ3) is 4.12. The summed E-state index contributed by atoms with van der Waals surface area (Å²) in [4.78, 5) is 20.5. The topological polar surface area (TPSA) is 45.2 Å². The Morgan fingerprint density at radius 1 is 1.10 bits per heavy atom. The summed E-state index contributed by atoms with van der Waals surface area (Å²) in [6.45, 7) is 5.36. The minimum absolute atomic E-state index is 0.0841. The van der Waals surface area contributed by atoms with Crippen molar-refractivity contribution in [3.63, 3.8) is 0 Å². The van der Waals surface area contributed by atoms with Gasteiger partial charge in [0, 0.05) is 23.7 Å². The summed E-state index contributed by atoms with van der Waals surface area (Å²) in [6, 6.07) is 18.5. The smallest absolute Gasteiger partial charge is 0.256 e. The summed E-state index contributed by atoms with van der Waals surface area (Å²) in [5, 5.41) is 3.96. The van der Waals surface area contributed by atoms with Gasteiger partial charge < -0.3 is 10.2 Å². The van der Waals surface area contributed by atoms with Gasteiger partial charge >= 0.3 is 0 Å². The molecule has 0 radical (unpaired) electrons. The molecule has 1 N–H and O–H groups in total. The molecule has 1 aliphatic heterocycles. The number of carbonyl (C=O) groups is 1. The summed E-state index contributed by atoms with van der Waals surface area (Å²) in [5.74, 6) is 0.834. The van der Waals surface area contributed by atoms with Crippen LogP contribution in [0.5, 0.6) is 0 Å². The average Bonchev–Trinajstić information content (AvgIpc) is 2.78. The van der Waals surface area contributed by atoms with Crippen LogP contribution in [-0.2, 0) is 6.42 Å². The van der Waals surface area contributed by atoms with Gasteiger partial charge in [-0.25, -0.2) is 4.98 Å². The number of nitrogens with one attached hydrogen (secondary N) is 1. The van der Waals surface area contributed by atoms with Gasteiger partial charge in [0.1, 0.15) is 5.82 Å². The molecule has 29 heavy (non-hydrogen) atoms. The number of hydrogen-bond donors (Lipinski definition) is 1. The van der Waals surface area contributed by atoms with Crippen LogP contribution in [0.2, 0.25) is 0 Å². The maximum Gasteiger partial charge on any atom is 0.256 e. The van der Waals surface area contributed by atoms with Crippen LogP contribution in [0.15, 0.2) is 54.6 Å². The minimum atomic E-state index is -0.0841. The molecule has 1 atom stereocenters. The fraction of sp³-hybridized carbons (Fsp3) is 0.360. The zero-order chi connectivity index (χ0) is 20.2. The van der Waals surface area contributed by atoms with E-state index in [-0.39, 0.29) is 5.91 Å². The predicted octanol–water partition coefficient (Wildman–Crippen LogP) is 5.82. The molecule has 0 bridgehead atoms. The van der Waals surface area contributed by atoms with Crippen molar-refractivity contribution in [2.24, 2.45) is 0 Å². The van der Waals surface area contributed by atoms with Crippen molar-refractivity contribution in [2.45, 2.75) is 52.0 Å². The Hall–Kier alpha value is -2.88. The van der Waals surface area contributed by atoms with Crippen LogP contribution in [-0.4, -0.2) is 23.5 Å². The molecule has 1 aliphatic rings. The minimum Gasteiger partial charge on any atom is -0.354 e. The second-order valence-electron chi connectivity index (χ2n) is 7.80. The third-order valence-corrected chi connectivity index (χ3v) is 5.96. The number of para-hydroxylation sites is 1. The van der Waals surface area contributed by atoms with Crippen LogP contribution in [0.1, 0.15) is 55.5 Å². The standard InChI is InChI=1S/C25H29N3O/c1-3-18-12-14-19(15-13-18)26-25(29)22-17-24(27-23-11-6-5-10-21(22)23)28-16-8-7-9-20(28)4-2/h5-6,10-15,17,20H,3-4,7-9,16H2,1-2H3,(H,26,29). The number of anilines is 2. The number of piperidine rings is 1. The van der Waals surface area contributed by atoms with Crippen LogP contribution >= 0.6 is 0 Å².